The van der Waals surface area contributed by atoms with Gasteiger partial charge in [0.1, 0.15) is 11.6 Å². The Morgan fingerprint density at radius 2 is 1.75 bits per heavy atom. The van der Waals surface area contributed by atoms with Gasteiger partial charge in [-0.05, 0) is 64.5 Å². The smallest absolute Gasteiger partial charge is 0.126 e. The van der Waals surface area contributed by atoms with Gasteiger partial charge in [-0.25, -0.2) is 8.78 Å². The van der Waals surface area contributed by atoms with E-state index in [-0.39, 0.29) is 6.04 Å². The Balaban J connectivity index is 2.77. The monoisotopic (exact) mass is 284 g/mol. The first-order valence-electron chi connectivity index (χ1n) is 7.33. The molecule has 1 aromatic rings. The fourth-order valence-corrected chi connectivity index (χ4v) is 2.07. The van der Waals surface area contributed by atoms with Crippen LogP contribution in [0.15, 0.2) is 18.2 Å². The van der Waals surface area contributed by atoms with E-state index >= 15 is 0 Å². The van der Waals surface area contributed by atoms with Crippen molar-refractivity contribution in [1.82, 2.24) is 10.2 Å². The summed E-state index contributed by atoms with van der Waals surface area (Å²) in [4.78, 5) is 2.23. The molecular formula is C16H26F2N2. The molecule has 0 fully saturated rings. The van der Waals surface area contributed by atoms with Gasteiger partial charge in [0.15, 0.2) is 0 Å². The van der Waals surface area contributed by atoms with Crippen molar-refractivity contribution < 1.29 is 8.78 Å². The fourth-order valence-electron chi connectivity index (χ4n) is 2.07. The quantitative estimate of drug-likeness (QED) is 0.782. The van der Waals surface area contributed by atoms with E-state index < -0.39 is 11.6 Å². The molecule has 1 rings (SSSR count). The Morgan fingerprint density at radius 3 is 2.25 bits per heavy atom. The molecule has 4 heteroatoms. The van der Waals surface area contributed by atoms with Crippen molar-refractivity contribution in [1.29, 1.82) is 0 Å². The highest BCUT2D eigenvalue weighted by molar-refractivity contribution is 5.21. The largest absolute Gasteiger partial charge is 0.310 e. The summed E-state index contributed by atoms with van der Waals surface area (Å²) >= 11 is 0. The molecule has 1 aromatic carbocycles. The van der Waals surface area contributed by atoms with Gasteiger partial charge in [-0.1, -0.05) is 6.92 Å². The number of hydrogen-bond acceptors (Lipinski definition) is 2. The van der Waals surface area contributed by atoms with Crippen molar-refractivity contribution in [3.8, 4) is 0 Å². The molecule has 0 amide bonds. The second-order valence-electron chi connectivity index (χ2n) is 5.57. The summed E-state index contributed by atoms with van der Waals surface area (Å²) in [5, 5.41) is 3.37. The van der Waals surface area contributed by atoms with Crippen LogP contribution >= 0.6 is 0 Å². The van der Waals surface area contributed by atoms with E-state index in [9.17, 15) is 8.78 Å². The minimum Gasteiger partial charge on any atom is -0.310 e. The van der Waals surface area contributed by atoms with E-state index in [1.165, 1.54) is 12.1 Å². The third kappa shape index (κ3) is 5.55. The van der Waals surface area contributed by atoms with Gasteiger partial charge in [0, 0.05) is 18.2 Å². The molecule has 0 aromatic heterocycles. The van der Waals surface area contributed by atoms with Gasteiger partial charge < -0.3 is 10.2 Å². The van der Waals surface area contributed by atoms with E-state index in [1.54, 1.807) is 0 Å². The van der Waals surface area contributed by atoms with Gasteiger partial charge in [0.05, 0.1) is 0 Å². The zero-order valence-corrected chi connectivity index (χ0v) is 12.9. The molecule has 2 nitrogen and oxygen atoms in total. The van der Waals surface area contributed by atoms with E-state index in [0.29, 0.717) is 11.6 Å². The lowest BCUT2D eigenvalue weighted by Gasteiger charge is -2.25. The van der Waals surface area contributed by atoms with Gasteiger partial charge in [-0.2, -0.15) is 0 Å². The highest BCUT2D eigenvalue weighted by atomic mass is 19.1. The molecule has 0 radical (unpaired) electrons. The van der Waals surface area contributed by atoms with Crippen LogP contribution in [0, 0.1) is 11.6 Å². The maximum atomic E-state index is 13.4. The Bertz CT molecular complexity index is 387. The van der Waals surface area contributed by atoms with Crippen LogP contribution in [0.2, 0.25) is 0 Å². The number of nitrogens with zero attached hydrogens (tertiary/aromatic N) is 1. The standard InChI is InChI=1S/C16H26F2N2/c1-5-7-19-16(6-8-20(4)12(2)3)13-9-14(17)11-15(18)10-13/h9-12,16,19H,5-8H2,1-4H3. The first-order valence-corrected chi connectivity index (χ1v) is 7.33. The lowest BCUT2D eigenvalue weighted by atomic mass is 10.0. The first-order chi connectivity index (χ1) is 9.43. The normalized spacial score (nSPS) is 13.2. The molecular weight excluding hydrogens is 258 g/mol. The highest BCUT2D eigenvalue weighted by Crippen LogP contribution is 2.20. The third-order valence-electron chi connectivity index (χ3n) is 3.58. The molecule has 20 heavy (non-hydrogen) atoms. The van der Waals surface area contributed by atoms with Gasteiger partial charge in [-0.15, -0.1) is 0 Å². The van der Waals surface area contributed by atoms with E-state index in [0.717, 1.165) is 32.0 Å². The average Bonchev–Trinajstić information content (AvgIpc) is 2.37. The third-order valence-corrected chi connectivity index (χ3v) is 3.58. The van der Waals surface area contributed by atoms with Gasteiger partial charge in [0.25, 0.3) is 0 Å². The molecule has 0 heterocycles. The summed E-state index contributed by atoms with van der Waals surface area (Å²) in [5.41, 5.74) is 0.688. The summed E-state index contributed by atoms with van der Waals surface area (Å²) in [5.74, 6) is -1.03. The molecule has 0 saturated carbocycles. The van der Waals surface area contributed by atoms with Gasteiger partial charge in [0.2, 0.25) is 0 Å². The number of rotatable bonds is 8. The lowest BCUT2D eigenvalue weighted by molar-refractivity contribution is 0.256. The van der Waals surface area contributed by atoms with Gasteiger partial charge >= 0.3 is 0 Å². The average molecular weight is 284 g/mol. The Morgan fingerprint density at radius 1 is 1.15 bits per heavy atom. The molecule has 0 aliphatic heterocycles. The Kier molecular flexibility index (Phi) is 7.10. The molecule has 114 valence electrons. The highest BCUT2D eigenvalue weighted by Gasteiger charge is 2.14. The summed E-state index contributed by atoms with van der Waals surface area (Å²) < 4.78 is 26.7. The zero-order chi connectivity index (χ0) is 15.1. The SMILES string of the molecule is CCCNC(CCN(C)C(C)C)c1cc(F)cc(F)c1. The van der Waals surface area contributed by atoms with Gasteiger partial charge in [-0.3, -0.25) is 0 Å². The predicted molar refractivity (Wildman–Crippen MR) is 79.8 cm³/mol. The van der Waals surface area contributed by atoms with Crippen molar-refractivity contribution in [2.45, 2.75) is 45.7 Å². The number of nitrogens with one attached hydrogen (secondary N) is 1. The van der Waals surface area contributed by atoms with Crippen LogP contribution in [-0.4, -0.2) is 31.1 Å². The van der Waals surface area contributed by atoms with Crippen molar-refractivity contribution in [2.24, 2.45) is 0 Å². The summed E-state index contributed by atoms with van der Waals surface area (Å²) in [6.45, 7) is 8.08. The number of halogens is 2. The van der Waals surface area contributed by atoms with E-state index in [2.05, 4.69) is 38.0 Å². The second-order valence-corrected chi connectivity index (χ2v) is 5.57. The van der Waals surface area contributed by atoms with Crippen LogP contribution in [-0.2, 0) is 0 Å². The minimum absolute atomic E-state index is 0.0126. The molecule has 1 N–H and O–H groups in total. The zero-order valence-electron chi connectivity index (χ0n) is 12.9. The van der Waals surface area contributed by atoms with Crippen LogP contribution in [0.5, 0.6) is 0 Å². The second kappa shape index (κ2) is 8.32. The van der Waals surface area contributed by atoms with Crippen molar-refractivity contribution in [2.75, 3.05) is 20.1 Å². The van der Waals surface area contributed by atoms with Crippen LogP contribution in [0.4, 0.5) is 8.78 Å². The maximum Gasteiger partial charge on any atom is 0.126 e. The number of hydrogen-bond donors (Lipinski definition) is 1. The molecule has 1 atom stereocenters. The Hall–Kier alpha value is -1.00. The summed E-state index contributed by atoms with van der Waals surface area (Å²) in [7, 11) is 2.06. The van der Waals surface area contributed by atoms with Crippen LogP contribution in [0.25, 0.3) is 0 Å². The first kappa shape index (κ1) is 17.1. The van der Waals surface area contributed by atoms with E-state index in [4.69, 9.17) is 0 Å². The van der Waals surface area contributed by atoms with Crippen LogP contribution in [0.3, 0.4) is 0 Å². The number of benzene rings is 1. The molecule has 0 aliphatic carbocycles. The molecule has 0 saturated heterocycles. The van der Waals surface area contributed by atoms with E-state index in [1.807, 2.05) is 0 Å². The van der Waals surface area contributed by atoms with Crippen LogP contribution < -0.4 is 5.32 Å². The summed E-state index contributed by atoms with van der Waals surface area (Å²) in [6.07, 6.45) is 1.83. The topological polar surface area (TPSA) is 15.3 Å². The van der Waals surface area contributed by atoms with Crippen LogP contribution in [0.1, 0.15) is 45.2 Å². The molecule has 0 spiro atoms. The van der Waals surface area contributed by atoms with Crippen molar-refractivity contribution >= 4 is 0 Å². The minimum atomic E-state index is -0.513. The lowest BCUT2D eigenvalue weighted by Crippen LogP contribution is -2.31. The Labute approximate surface area is 121 Å². The molecule has 1 unspecified atom stereocenters. The fraction of sp³-hybridized carbons (Fsp3) is 0.625. The predicted octanol–water partition coefficient (Wildman–Crippen LogP) is 3.74. The maximum absolute atomic E-state index is 13.4. The summed E-state index contributed by atoms with van der Waals surface area (Å²) in [6, 6.07) is 4.21. The van der Waals surface area contributed by atoms with Crippen molar-refractivity contribution in [3.05, 3.63) is 35.4 Å². The molecule has 0 bridgehead atoms. The molecule has 0 aliphatic rings. The van der Waals surface area contributed by atoms with Crippen molar-refractivity contribution in [3.63, 3.8) is 0 Å².